The molecule has 3 aromatic rings. The van der Waals surface area contributed by atoms with Crippen LogP contribution in [0, 0.1) is 0 Å². The van der Waals surface area contributed by atoms with Gasteiger partial charge in [0.15, 0.2) is 0 Å². The van der Waals surface area contributed by atoms with Crippen LogP contribution in [0.4, 0.5) is 5.82 Å². The lowest BCUT2D eigenvalue weighted by atomic mass is 9.99. The first-order valence-electron chi connectivity index (χ1n) is 6.39. The minimum atomic E-state index is 0.564. The number of nitrogens with zero attached hydrogens (tertiary/aromatic N) is 2. The molecular formula is C16H15N3. The molecule has 19 heavy (non-hydrogen) atoms. The second kappa shape index (κ2) is 4.69. The van der Waals surface area contributed by atoms with Gasteiger partial charge in [-0.2, -0.15) is 0 Å². The van der Waals surface area contributed by atoms with Crippen molar-refractivity contribution in [3.05, 3.63) is 54.4 Å². The van der Waals surface area contributed by atoms with Gasteiger partial charge in [-0.05, 0) is 24.6 Å². The number of benzene rings is 1. The van der Waals surface area contributed by atoms with Gasteiger partial charge < -0.3 is 5.73 Å². The van der Waals surface area contributed by atoms with Crippen molar-refractivity contribution in [2.75, 3.05) is 5.73 Å². The van der Waals surface area contributed by atoms with Crippen LogP contribution in [-0.2, 0) is 6.42 Å². The number of pyridine rings is 2. The molecule has 3 heteroatoms. The van der Waals surface area contributed by atoms with Crippen molar-refractivity contribution < 1.29 is 0 Å². The van der Waals surface area contributed by atoms with Crippen molar-refractivity contribution in [2.24, 2.45) is 0 Å². The van der Waals surface area contributed by atoms with E-state index in [0.717, 1.165) is 34.1 Å². The van der Waals surface area contributed by atoms with Gasteiger partial charge in [0.1, 0.15) is 5.82 Å². The molecule has 0 aliphatic heterocycles. The normalized spacial score (nSPS) is 10.8. The Morgan fingerprint density at radius 2 is 1.84 bits per heavy atom. The highest BCUT2D eigenvalue weighted by atomic mass is 14.8. The molecule has 0 fully saturated rings. The summed E-state index contributed by atoms with van der Waals surface area (Å²) in [5.74, 6) is 0.564. The minimum absolute atomic E-state index is 0.564. The zero-order valence-electron chi connectivity index (χ0n) is 10.8. The van der Waals surface area contributed by atoms with E-state index in [1.165, 1.54) is 0 Å². The van der Waals surface area contributed by atoms with Crippen molar-refractivity contribution in [1.29, 1.82) is 0 Å². The van der Waals surface area contributed by atoms with E-state index in [1.807, 2.05) is 24.4 Å². The molecule has 0 unspecified atom stereocenters. The van der Waals surface area contributed by atoms with Crippen LogP contribution in [0.25, 0.3) is 22.0 Å². The molecular weight excluding hydrogens is 234 g/mol. The number of anilines is 1. The van der Waals surface area contributed by atoms with Crippen LogP contribution < -0.4 is 5.73 Å². The topological polar surface area (TPSA) is 51.8 Å². The highest BCUT2D eigenvalue weighted by Crippen LogP contribution is 2.29. The fourth-order valence-corrected chi connectivity index (χ4v) is 2.35. The molecule has 0 amide bonds. The number of nitrogens with two attached hydrogens (primary N) is 1. The number of fused-ring (bicyclic) bond motifs is 1. The Labute approximate surface area is 112 Å². The summed E-state index contributed by atoms with van der Waals surface area (Å²) < 4.78 is 0. The molecule has 2 heterocycles. The van der Waals surface area contributed by atoms with Crippen molar-refractivity contribution in [1.82, 2.24) is 9.97 Å². The van der Waals surface area contributed by atoms with Crippen LogP contribution in [0.1, 0.15) is 12.6 Å². The number of rotatable bonds is 2. The molecule has 3 rings (SSSR count). The summed E-state index contributed by atoms with van der Waals surface area (Å²) in [6.45, 7) is 2.09. The monoisotopic (exact) mass is 249 g/mol. The fourth-order valence-electron chi connectivity index (χ4n) is 2.35. The Morgan fingerprint density at radius 1 is 1.00 bits per heavy atom. The van der Waals surface area contributed by atoms with Crippen LogP contribution >= 0.6 is 0 Å². The van der Waals surface area contributed by atoms with E-state index in [4.69, 9.17) is 5.73 Å². The average molecular weight is 249 g/mol. The third-order valence-corrected chi connectivity index (χ3v) is 3.25. The Hall–Kier alpha value is -2.42. The molecule has 0 saturated carbocycles. The quantitative estimate of drug-likeness (QED) is 0.757. The average Bonchev–Trinajstić information content (AvgIpc) is 2.46. The van der Waals surface area contributed by atoms with Gasteiger partial charge >= 0.3 is 0 Å². The number of aromatic nitrogens is 2. The van der Waals surface area contributed by atoms with Gasteiger partial charge in [-0.3, -0.25) is 4.98 Å². The molecule has 0 aliphatic rings. The lowest BCUT2D eigenvalue weighted by Crippen LogP contribution is -1.98. The molecule has 0 atom stereocenters. The van der Waals surface area contributed by atoms with Gasteiger partial charge in [0.25, 0.3) is 0 Å². The summed E-state index contributed by atoms with van der Waals surface area (Å²) in [6, 6.07) is 14.1. The van der Waals surface area contributed by atoms with E-state index in [-0.39, 0.29) is 0 Å². The fraction of sp³-hybridized carbons (Fsp3) is 0.125. The maximum absolute atomic E-state index is 5.77. The maximum atomic E-state index is 5.77. The summed E-state index contributed by atoms with van der Waals surface area (Å²) in [4.78, 5) is 8.92. The number of hydrogen-bond acceptors (Lipinski definition) is 3. The zero-order valence-corrected chi connectivity index (χ0v) is 10.8. The molecule has 0 spiro atoms. The van der Waals surface area contributed by atoms with Crippen molar-refractivity contribution in [3.63, 3.8) is 0 Å². The van der Waals surface area contributed by atoms with Crippen LogP contribution in [0.3, 0.4) is 0 Å². The summed E-state index contributed by atoms with van der Waals surface area (Å²) in [5, 5.41) is 1.14. The van der Waals surface area contributed by atoms with E-state index < -0.39 is 0 Å². The van der Waals surface area contributed by atoms with E-state index in [1.54, 1.807) is 0 Å². The van der Waals surface area contributed by atoms with Crippen molar-refractivity contribution in [2.45, 2.75) is 13.3 Å². The van der Waals surface area contributed by atoms with E-state index in [9.17, 15) is 0 Å². The lowest BCUT2D eigenvalue weighted by molar-refractivity contribution is 1.05. The summed E-state index contributed by atoms with van der Waals surface area (Å²) in [5.41, 5.74) is 10.0. The SMILES string of the molecule is CCc1nc(N)ccc1-c1cccc2cccnc12. The lowest BCUT2D eigenvalue weighted by Gasteiger charge is -2.10. The van der Waals surface area contributed by atoms with Gasteiger partial charge in [-0.25, -0.2) is 4.98 Å². The molecule has 0 bridgehead atoms. The van der Waals surface area contributed by atoms with E-state index in [2.05, 4.69) is 41.2 Å². The van der Waals surface area contributed by atoms with Gasteiger partial charge in [-0.1, -0.05) is 31.2 Å². The Kier molecular flexibility index (Phi) is 2.88. The Balaban J connectivity index is 2.30. The zero-order chi connectivity index (χ0) is 13.2. The maximum Gasteiger partial charge on any atom is 0.123 e. The molecule has 0 radical (unpaired) electrons. The summed E-state index contributed by atoms with van der Waals surface area (Å²) in [7, 11) is 0. The predicted octanol–water partition coefficient (Wildman–Crippen LogP) is 3.44. The number of nitrogen functional groups attached to an aromatic ring is 1. The highest BCUT2D eigenvalue weighted by Gasteiger charge is 2.09. The number of para-hydroxylation sites is 1. The first kappa shape index (κ1) is 11.7. The third kappa shape index (κ3) is 2.03. The van der Waals surface area contributed by atoms with Crippen LogP contribution in [0.5, 0.6) is 0 Å². The predicted molar refractivity (Wildman–Crippen MR) is 78.8 cm³/mol. The molecule has 2 aromatic heterocycles. The van der Waals surface area contributed by atoms with Gasteiger partial charge in [-0.15, -0.1) is 0 Å². The highest BCUT2D eigenvalue weighted by molar-refractivity contribution is 5.94. The summed E-state index contributed by atoms with van der Waals surface area (Å²) in [6.07, 6.45) is 2.67. The van der Waals surface area contributed by atoms with Gasteiger partial charge in [0.05, 0.1) is 11.2 Å². The molecule has 0 saturated heterocycles. The van der Waals surface area contributed by atoms with Crippen molar-refractivity contribution >= 4 is 16.7 Å². The second-order valence-corrected chi connectivity index (χ2v) is 4.46. The first-order valence-corrected chi connectivity index (χ1v) is 6.39. The van der Waals surface area contributed by atoms with Gasteiger partial charge in [0, 0.05) is 22.7 Å². The second-order valence-electron chi connectivity index (χ2n) is 4.46. The van der Waals surface area contributed by atoms with Crippen molar-refractivity contribution in [3.8, 4) is 11.1 Å². The van der Waals surface area contributed by atoms with Gasteiger partial charge in [0.2, 0.25) is 0 Å². The molecule has 1 aromatic carbocycles. The smallest absolute Gasteiger partial charge is 0.123 e. The Morgan fingerprint density at radius 3 is 2.68 bits per heavy atom. The molecule has 3 nitrogen and oxygen atoms in total. The molecule has 2 N–H and O–H groups in total. The van der Waals surface area contributed by atoms with Crippen LogP contribution in [-0.4, -0.2) is 9.97 Å². The van der Waals surface area contributed by atoms with E-state index >= 15 is 0 Å². The first-order chi connectivity index (χ1) is 9.29. The number of hydrogen-bond donors (Lipinski definition) is 1. The minimum Gasteiger partial charge on any atom is -0.384 e. The third-order valence-electron chi connectivity index (χ3n) is 3.25. The number of aryl methyl sites for hydroxylation is 1. The van der Waals surface area contributed by atoms with E-state index in [0.29, 0.717) is 5.82 Å². The Bertz CT molecular complexity index is 730. The van der Waals surface area contributed by atoms with Crippen LogP contribution in [0.2, 0.25) is 0 Å². The molecule has 0 aliphatic carbocycles. The van der Waals surface area contributed by atoms with Crippen LogP contribution in [0.15, 0.2) is 48.7 Å². The molecule has 94 valence electrons. The standard InChI is InChI=1S/C16H15N3/c1-2-14-12(8-9-15(17)19-14)13-7-3-5-11-6-4-10-18-16(11)13/h3-10H,2H2,1H3,(H2,17,19). The largest absolute Gasteiger partial charge is 0.384 e. The summed E-state index contributed by atoms with van der Waals surface area (Å²) >= 11 is 0.